The highest BCUT2D eigenvalue weighted by Crippen LogP contribution is 2.23. The van der Waals surface area contributed by atoms with Gasteiger partial charge in [-0.2, -0.15) is 5.26 Å². The number of carbonyl (C=O) groups is 1. The van der Waals surface area contributed by atoms with E-state index >= 15 is 0 Å². The lowest BCUT2D eigenvalue weighted by atomic mass is 10.1. The Morgan fingerprint density at radius 2 is 2.09 bits per heavy atom. The van der Waals surface area contributed by atoms with Gasteiger partial charge in [-0.25, -0.2) is 0 Å². The zero-order valence-electron chi connectivity index (χ0n) is 12.8. The minimum atomic E-state index is -0.0909. The summed E-state index contributed by atoms with van der Waals surface area (Å²) in [7, 11) is 0. The fourth-order valence-electron chi connectivity index (χ4n) is 2.62. The highest BCUT2D eigenvalue weighted by Gasteiger charge is 2.14. The molecule has 0 aliphatic carbocycles. The maximum Gasteiger partial charge on any atom is 0.202 e. The Bertz CT molecular complexity index is 903. The minimum Gasteiger partial charge on any atom is -0.485 e. The number of rotatable bonds is 5. The molecule has 4 nitrogen and oxygen atoms in total. The molecule has 23 heavy (non-hydrogen) atoms. The second kappa shape index (κ2) is 6.37. The molecule has 3 aromatic rings. The van der Waals surface area contributed by atoms with Gasteiger partial charge in [-0.1, -0.05) is 31.2 Å². The van der Waals surface area contributed by atoms with Crippen LogP contribution in [-0.4, -0.2) is 17.4 Å². The number of para-hydroxylation sites is 1. The predicted molar refractivity (Wildman–Crippen MR) is 88.7 cm³/mol. The molecule has 0 fully saturated rings. The Kier molecular flexibility index (Phi) is 4.11. The zero-order valence-corrected chi connectivity index (χ0v) is 12.8. The minimum absolute atomic E-state index is 0.0574. The van der Waals surface area contributed by atoms with E-state index in [9.17, 15) is 4.79 Å². The van der Waals surface area contributed by atoms with Gasteiger partial charge >= 0.3 is 0 Å². The summed E-state index contributed by atoms with van der Waals surface area (Å²) < 4.78 is 5.53. The summed E-state index contributed by atoms with van der Waals surface area (Å²) >= 11 is 0. The van der Waals surface area contributed by atoms with Crippen molar-refractivity contribution in [2.24, 2.45) is 0 Å². The largest absolute Gasteiger partial charge is 0.485 e. The van der Waals surface area contributed by atoms with Crippen molar-refractivity contribution in [2.45, 2.75) is 13.3 Å². The first kappa shape index (κ1) is 14.9. The number of nitrogens with zero attached hydrogens (tertiary/aromatic N) is 1. The van der Waals surface area contributed by atoms with Gasteiger partial charge in [0.1, 0.15) is 5.75 Å². The van der Waals surface area contributed by atoms with Crippen molar-refractivity contribution in [1.82, 2.24) is 4.98 Å². The van der Waals surface area contributed by atoms with E-state index in [0.717, 1.165) is 17.3 Å². The van der Waals surface area contributed by atoms with Crippen LogP contribution in [0.2, 0.25) is 0 Å². The SMILES string of the molecule is CCc1cccc2c(C(=O)COc3cccc(C#N)c3)c[nH]c12. The first-order valence-corrected chi connectivity index (χ1v) is 7.48. The predicted octanol–water partition coefficient (Wildman–Crippen LogP) is 3.86. The summed E-state index contributed by atoms with van der Waals surface area (Å²) in [5.41, 5.74) is 3.33. The van der Waals surface area contributed by atoms with E-state index in [1.807, 2.05) is 18.2 Å². The molecular weight excluding hydrogens is 288 g/mol. The van der Waals surface area contributed by atoms with Gasteiger partial charge in [0, 0.05) is 22.7 Å². The van der Waals surface area contributed by atoms with E-state index in [0.29, 0.717) is 16.9 Å². The lowest BCUT2D eigenvalue weighted by Crippen LogP contribution is -2.11. The first-order chi connectivity index (χ1) is 11.2. The van der Waals surface area contributed by atoms with Crippen LogP contribution >= 0.6 is 0 Å². The summed E-state index contributed by atoms with van der Waals surface area (Å²) in [6.07, 6.45) is 2.64. The normalized spacial score (nSPS) is 10.4. The van der Waals surface area contributed by atoms with Crippen molar-refractivity contribution in [3.05, 3.63) is 65.4 Å². The van der Waals surface area contributed by atoms with Gasteiger partial charge in [-0.3, -0.25) is 4.79 Å². The molecular formula is C19H16N2O2. The molecule has 1 N–H and O–H groups in total. The number of hydrogen-bond donors (Lipinski definition) is 1. The molecule has 4 heteroatoms. The number of fused-ring (bicyclic) bond motifs is 1. The summed E-state index contributed by atoms with van der Waals surface area (Å²) in [5, 5.41) is 9.80. The summed E-state index contributed by atoms with van der Waals surface area (Å²) in [5.74, 6) is 0.429. The lowest BCUT2D eigenvalue weighted by molar-refractivity contribution is 0.0923. The van der Waals surface area contributed by atoms with Gasteiger partial charge in [0.15, 0.2) is 6.61 Å². The summed E-state index contributed by atoms with van der Waals surface area (Å²) in [4.78, 5) is 15.6. The molecule has 0 amide bonds. The molecule has 0 aliphatic rings. The smallest absolute Gasteiger partial charge is 0.202 e. The van der Waals surface area contributed by atoms with Crippen LogP contribution in [-0.2, 0) is 6.42 Å². The molecule has 0 bridgehead atoms. The van der Waals surface area contributed by atoms with Crippen LogP contribution in [0.4, 0.5) is 0 Å². The molecule has 3 rings (SSSR count). The third-order valence-corrected chi connectivity index (χ3v) is 3.82. The molecule has 0 saturated carbocycles. The third-order valence-electron chi connectivity index (χ3n) is 3.82. The van der Waals surface area contributed by atoms with E-state index < -0.39 is 0 Å². The number of ether oxygens (including phenoxy) is 1. The van der Waals surface area contributed by atoms with Gasteiger partial charge in [0.25, 0.3) is 0 Å². The average molecular weight is 304 g/mol. The number of benzene rings is 2. The Labute approximate surface area is 134 Å². The zero-order chi connectivity index (χ0) is 16.2. The summed E-state index contributed by atoms with van der Waals surface area (Å²) in [6, 6.07) is 14.8. The molecule has 0 saturated heterocycles. The standard InChI is InChI=1S/C19H16N2O2/c1-2-14-6-4-8-16-17(11-21-19(14)16)18(22)12-23-15-7-3-5-13(9-15)10-20/h3-9,11,21H,2,12H2,1H3. The van der Waals surface area contributed by atoms with E-state index in [-0.39, 0.29) is 12.4 Å². The van der Waals surface area contributed by atoms with E-state index in [1.165, 1.54) is 5.56 Å². The number of H-pyrrole nitrogens is 1. The van der Waals surface area contributed by atoms with Crippen LogP contribution in [0.1, 0.15) is 28.4 Å². The van der Waals surface area contributed by atoms with Crippen LogP contribution in [0, 0.1) is 11.3 Å². The number of hydrogen-bond acceptors (Lipinski definition) is 3. The van der Waals surface area contributed by atoms with Crippen molar-refractivity contribution in [3.63, 3.8) is 0 Å². The number of ketones is 1. The van der Waals surface area contributed by atoms with Crippen molar-refractivity contribution < 1.29 is 9.53 Å². The lowest BCUT2D eigenvalue weighted by Gasteiger charge is -2.05. The molecule has 1 heterocycles. The second-order valence-corrected chi connectivity index (χ2v) is 5.25. The monoisotopic (exact) mass is 304 g/mol. The quantitative estimate of drug-likeness (QED) is 0.728. The van der Waals surface area contributed by atoms with E-state index in [1.54, 1.807) is 30.5 Å². The third kappa shape index (κ3) is 2.95. The molecule has 2 aromatic carbocycles. The fourth-order valence-corrected chi connectivity index (χ4v) is 2.62. The Hall–Kier alpha value is -3.06. The topological polar surface area (TPSA) is 65.9 Å². The first-order valence-electron chi connectivity index (χ1n) is 7.48. The van der Waals surface area contributed by atoms with Crippen molar-refractivity contribution >= 4 is 16.7 Å². The maximum absolute atomic E-state index is 12.4. The molecule has 0 unspecified atom stereocenters. The van der Waals surface area contributed by atoms with Crippen LogP contribution in [0.15, 0.2) is 48.7 Å². The van der Waals surface area contributed by atoms with Gasteiger partial charge in [-0.15, -0.1) is 0 Å². The van der Waals surface area contributed by atoms with E-state index in [2.05, 4.69) is 18.0 Å². The number of carbonyl (C=O) groups excluding carboxylic acids is 1. The van der Waals surface area contributed by atoms with Crippen molar-refractivity contribution in [2.75, 3.05) is 6.61 Å². The molecule has 0 spiro atoms. The molecule has 1 aromatic heterocycles. The van der Waals surface area contributed by atoms with Gasteiger partial charge in [0.05, 0.1) is 11.6 Å². The Balaban J connectivity index is 1.80. The number of nitriles is 1. The number of Topliss-reactive ketones (excluding diaryl/α,β-unsaturated/α-hetero) is 1. The molecule has 114 valence electrons. The van der Waals surface area contributed by atoms with E-state index in [4.69, 9.17) is 10.00 Å². The number of nitrogens with one attached hydrogen (secondary N) is 1. The van der Waals surface area contributed by atoms with Crippen molar-refractivity contribution in [3.8, 4) is 11.8 Å². The van der Waals surface area contributed by atoms with Crippen LogP contribution in [0.25, 0.3) is 10.9 Å². The average Bonchev–Trinajstić information content (AvgIpc) is 3.04. The van der Waals surface area contributed by atoms with Crippen molar-refractivity contribution in [1.29, 1.82) is 5.26 Å². The second-order valence-electron chi connectivity index (χ2n) is 5.25. The highest BCUT2D eigenvalue weighted by molar-refractivity contribution is 6.09. The van der Waals surface area contributed by atoms with Crippen LogP contribution in [0.5, 0.6) is 5.75 Å². The Morgan fingerprint density at radius 1 is 1.26 bits per heavy atom. The molecule has 0 radical (unpaired) electrons. The number of aryl methyl sites for hydroxylation is 1. The number of aromatic nitrogens is 1. The molecule has 0 atom stereocenters. The molecule has 0 aliphatic heterocycles. The maximum atomic E-state index is 12.4. The fraction of sp³-hybridized carbons (Fsp3) is 0.158. The van der Waals surface area contributed by atoms with Crippen LogP contribution < -0.4 is 4.74 Å². The Morgan fingerprint density at radius 3 is 2.87 bits per heavy atom. The van der Waals surface area contributed by atoms with Gasteiger partial charge in [0.2, 0.25) is 5.78 Å². The highest BCUT2D eigenvalue weighted by atomic mass is 16.5. The number of aromatic amines is 1. The summed E-state index contributed by atoms with van der Waals surface area (Å²) in [6.45, 7) is 2.03. The van der Waals surface area contributed by atoms with Gasteiger partial charge in [-0.05, 0) is 30.2 Å². The van der Waals surface area contributed by atoms with Crippen LogP contribution in [0.3, 0.4) is 0 Å². The van der Waals surface area contributed by atoms with Gasteiger partial charge < -0.3 is 9.72 Å².